The first kappa shape index (κ1) is 15.1. The van der Waals surface area contributed by atoms with Crippen molar-refractivity contribution in [1.29, 1.82) is 0 Å². The van der Waals surface area contributed by atoms with E-state index in [9.17, 15) is 5.11 Å². The maximum absolute atomic E-state index is 10.1. The van der Waals surface area contributed by atoms with E-state index in [2.05, 4.69) is 0 Å². The first-order valence-electron chi connectivity index (χ1n) is 7.40. The van der Waals surface area contributed by atoms with E-state index in [1.165, 1.54) is 0 Å². The van der Waals surface area contributed by atoms with E-state index >= 15 is 0 Å². The third-order valence-corrected chi connectivity index (χ3v) is 3.91. The standard InChI is InChI=1S/C16H25NO3/c1-11(17)12-8-9-15(16(10-12)19-2)20-14-7-5-3-4-6-13(14)18/h8-11,13-14,18H,3-7,17H2,1-2H3/t11-,13?,14?/m0/s1. The van der Waals surface area contributed by atoms with E-state index in [0.29, 0.717) is 11.5 Å². The fraction of sp³-hybridized carbons (Fsp3) is 0.625. The number of aliphatic hydroxyl groups is 1. The van der Waals surface area contributed by atoms with Crippen LogP contribution in [0.15, 0.2) is 18.2 Å². The number of nitrogens with two attached hydrogens (primary N) is 1. The van der Waals surface area contributed by atoms with Crippen LogP contribution in [0.1, 0.15) is 50.6 Å². The predicted molar refractivity (Wildman–Crippen MR) is 79.1 cm³/mol. The molecule has 0 amide bonds. The summed E-state index contributed by atoms with van der Waals surface area (Å²) >= 11 is 0. The average molecular weight is 279 g/mol. The summed E-state index contributed by atoms with van der Waals surface area (Å²) < 4.78 is 11.4. The first-order valence-corrected chi connectivity index (χ1v) is 7.40. The van der Waals surface area contributed by atoms with Crippen LogP contribution in [0.4, 0.5) is 0 Å². The molecule has 0 bridgehead atoms. The van der Waals surface area contributed by atoms with Gasteiger partial charge in [-0.15, -0.1) is 0 Å². The molecular weight excluding hydrogens is 254 g/mol. The number of hydrogen-bond acceptors (Lipinski definition) is 4. The Balaban J connectivity index is 2.15. The number of methoxy groups -OCH3 is 1. The highest BCUT2D eigenvalue weighted by molar-refractivity contribution is 5.43. The van der Waals surface area contributed by atoms with Crippen LogP contribution in [0.2, 0.25) is 0 Å². The first-order chi connectivity index (χ1) is 9.61. The summed E-state index contributed by atoms with van der Waals surface area (Å²) in [6.45, 7) is 1.93. The Bertz CT molecular complexity index is 434. The van der Waals surface area contributed by atoms with Crippen LogP contribution in [0.25, 0.3) is 0 Å². The molecule has 4 heteroatoms. The van der Waals surface area contributed by atoms with Crippen molar-refractivity contribution >= 4 is 0 Å². The molecule has 2 unspecified atom stereocenters. The lowest BCUT2D eigenvalue weighted by Crippen LogP contribution is -2.30. The Morgan fingerprint density at radius 1 is 1.20 bits per heavy atom. The molecular formula is C16H25NO3. The molecule has 2 rings (SSSR count). The van der Waals surface area contributed by atoms with Gasteiger partial charge in [0.1, 0.15) is 6.10 Å². The second-order valence-electron chi connectivity index (χ2n) is 5.56. The topological polar surface area (TPSA) is 64.7 Å². The SMILES string of the molecule is COc1cc([C@H](C)N)ccc1OC1CCCCCC1O. The van der Waals surface area contributed by atoms with Gasteiger partial charge in [-0.1, -0.05) is 18.9 Å². The van der Waals surface area contributed by atoms with Gasteiger partial charge in [0.15, 0.2) is 11.5 Å². The number of aliphatic hydroxyl groups excluding tert-OH is 1. The second kappa shape index (κ2) is 6.95. The maximum Gasteiger partial charge on any atom is 0.161 e. The van der Waals surface area contributed by atoms with E-state index in [0.717, 1.165) is 37.7 Å². The predicted octanol–water partition coefficient (Wildman–Crippen LogP) is 2.79. The monoisotopic (exact) mass is 279 g/mol. The minimum atomic E-state index is -0.393. The Labute approximate surface area is 120 Å². The molecule has 0 radical (unpaired) electrons. The number of ether oxygens (including phenoxy) is 2. The van der Waals surface area contributed by atoms with Gasteiger partial charge in [-0.05, 0) is 43.9 Å². The van der Waals surface area contributed by atoms with Crippen LogP contribution < -0.4 is 15.2 Å². The van der Waals surface area contributed by atoms with Gasteiger partial charge in [0.2, 0.25) is 0 Å². The molecule has 0 heterocycles. The maximum atomic E-state index is 10.1. The zero-order valence-corrected chi connectivity index (χ0v) is 12.3. The fourth-order valence-corrected chi connectivity index (χ4v) is 2.62. The molecule has 3 N–H and O–H groups in total. The van der Waals surface area contributed by atoms with Gasteiger partial charge in [0, 0.05) is 6.04 Å². The summed E-state index contributed by atoms with van der Waals surface area (Å²) in [7, 11) is 1.62. The minimum absolute atomic E-state index is 0.0404. The van der Waals surface area contributed by atoms with Crippen LogP contribution in [0, 0.1) is 0 Å². The Hall–Kier alpha value is -1.26. The van der Waals surface area contributed by atoms with Gasteiger partial charge < -0.3 is 20.3 Å². The van der Waals surface area contributed by atoms with E-state index in [4.69, 9.17) is 15.2 Å². The summed E-state index contributed by atoms with van der Waals surface area (Å²) in [6, 6.07) is 5.70. The summed E-state index contributed by atoms with van der Waals surface area (Å²) in [5.74, 6) is 1.36. The smallest absolute Gasteiger partial charge is 0.161 e. The summed E-state index contributed by atoms with van der Waals surface area (Å²) in [6.07, 6.45) is 4.49. The van der Waals surface area contributed by atoms with Crippen molar-refractivity contribution in [3.8, 4) is 11.5 Å². The quantitative estimate of drug-likeness (QED) is 0.832. The molecule has 0 aliphatic heterocycles. The second-order valence-corrected chi connectivity index (χ2v) is 5.56. The lowest BCUT2D eigenvalue weighted by molar-refractivity contribution is 0.0305. The zero-order valence-electron chi connectivity index (χ0n) is 12.3. The molecule has 1 saturated carbocycles. The van der Waals surface area contributed by atoms with Crippen LogP contribution in [-0.4, -0.2) is 24.4 Å². The highest BCUT2D eigenvalue weighted by Gasteiger charge is 2.24. The molecule has 20 heavy (non-hydrogen) atoms. The van der Waals surface area contributed by atoms with Crippen LogP contribution in [-0.2, 0) is 0 Å². The number of benzene rings is 1. The molecule has 1 aliphatic carbocycles. The van der Waals surface area contributed by atoms with Crippen molar-refractivity contribution in [2.45, 2.75) is 57.3 Å². The van der Waals surface area contributed by atoms with E-state index < -0.39 is 6.10 Å². The van der Waals surface area contributed by atoms with E-state index in [1.807, 2.05) is 25.1 Å². The van der Waals surface area contributed by atoms with Crippen LogP contribution in [0.3, 0.4) is 0 Å². The van der Waals surface area contributed by atoms with Crippen molar-refractivity contribution < 1.29 is 14.6 Å². The van der Waals surface area contributed by atoms with Gasteiger partial charge in [0.25, 0.3) is 0 Å². The molecule has 112 valence electrons. The average Bonchev–Trinajstić information content (AvgIpc) is 2.64. The molecule has 1 aromatic carbocycles. The van der Waals surface area contributed by atoms with Crippen molar-refractivity contribution in [3.05, 3.63) is 23.8 Å². The molecule has 1 aliphatic rings. The lowest BCUT2D eigenvalue weighted by Gasteiger charge is -2.23. The highest BCUT2D eigenvalue weighted by atomic mass is 16.5. The van der Waals surface area contributed by atoms with Crippen molar-refractivity contribution in [2.24, 2.45) is 5.73 Å². The van der Waals surface area contributed by atoms with Crippen LogP contribution >= 0.6 is 0 Å². The minimum Gasteiger partial charge on any atom is -0.493 e. The van der Waals surface area contributed by atoms with Gasteiger partial charge in [-0.3, -0.25) is 0 Å². The Kier molecular flexibility index (Phi) is 5.26. The molecule has 0 aromatic heterocycles. The van der Waals surface area contributed by atoms with Gasteiger partial charge in [-0.25, -0.2) is 0 Å². The normalized spacial score (nSPS) is 24.8. The molecule has 0 spiro atoms. The van der Waals surface area contributed by atoms with Gasteiger partial charge in [-0.2, -0.15) is 0 Å². The van der Waals surface area contributed by atoms with Crippen molar-refractivity contribution in [3.63, 3.8) is 0 Å². The zero-order chi connectivity index (χ0) is 14.5. The molecule has 3 atom stereocenters. The van der Waals surface area contributed by atoms with Crippen molar-refractivity contribution in [2.75, 3.05) is 7.11 Å². The summed E-state index contributed by atoms with van der Waals surface area (Å²) in [5, 5.41) is 10.1. The van der Waals surface area contributed by atoms with Gasteiger partial charge in [0.05, 0.1) is 13.2 Å². The Morgan fingerprint density at radius 3 is 2.65 bits per heavy atom. The lowest BCUT2D eigenvalue weighted by atomic mass is 10.1. The van der Waals surface area contributed by atoms with Crippen molar-refractivity contribution in [1.82, 2.24) is 0 Å². The molecule has 1 aromatic rings. The highest BCUT2D eigenvalue weighted by Crippen LogP contribution is 2.32. The Morgan fingerprint density at radius 2 is 1.95 bits per heavy atom. The summed E-state index contributed by atoms with van der Waals surface area (Å²) in [5.41, 5.74) is 6.89. The number of hydrogen-bond donors (Lipinski definition) is 2. The molecule has 0 saturated heterocycles. The third-order valence-electron chi connectivity index (χ3n) is 3.91. The third kappa shape index (κ3) is 3.64. The fourth-order valence-electron chi connectivity index (χ4n) is 2.62. The van der Waals surface area contributed by atoms with E-state index in [-0.39, 0.29) is 12.1 Å². The molecule has 4 nitrogen and oxygen atoms in total. The van der Waals surface area contributed by atoms with Crippen LogP contribution in [0.5, 0.6) is 11.5 Å². The van der Waals surface area contributed by atoms with Gasteiger partial charge >= 0.3 is 0 Å². The number of rotatable bonds is 4. The van der Waals surface area contributed by atoms with E-state index in [1.54, 1.807) is 7.11 Å². The molecule has 1 fully saturated rings. The summed E-state index contributed by atoms with van der Waals surface area (Å²) in [4.78, 5) is 0. The largest absolute Gasteiger partial charge is 0.493 e.